The van der Waals surface area contributed by atoms with Crippen molar-refractivity contribution in [1.29, 1.82) is 0 Å². The predicted octanol–water partition coefficient (Wildman–Crippen LogP) is 4.41. The van der Waals surface area contributed by atoms with Crippen molar-refractivity contribution in [2.75, 3.05) is 6.61 Å². The predicted molar refractivity (Wildman–Crippen MR) is 93.7 cm³/mol. The molecule has 5 heteroatoms. The second-order valence-corrected chi connectivity index (χ2v) is 6.69. The monoisotopic (exact) mass is 331 g/mol. The van der Waals surface area contributed by atoms with Crippen molar-refractivity contribution in [1.82, 2.24) is 0 Å². The van der Waals surface area contributed by atoms with Crippen molar-refractivity contribution in [2.45, 2.75) is 46.1 Å². The van der Waals surface area contributed by atoms with Crippen LogP contribution in [0.15, 0.2) is 29.8 Å². The van der Waals surface area contributed by atoms with Crippen LogP contribution in [0.3, 0.4) is 0 Å². The molecule has 130 valence electrons. The molecule has 0 amide bonds. The Morgan fingerprint density at radius 3 is 2.50 bits per heavy atom. The van der Waals surface area contributed by atoms with Gasteiger partial charge in [-0.2, -0.15) is 0 Å². The number of carbonyl (C=O) groups excluding carboxylic acids is 1. The largest absolute Gasteiger partial charge is 0.367 e. The molecule has 1 aromatic carbocycles. The smallest absolute Gasteiger partial charge is 0.269 e. The Morgan fingerprint density at radius 2 is 2.00 bits per heavy atom. The van der Waals surface area contributed by atoms with E-state index >= 15 is 0 Å². The highest BCUT2D eigenvalue weighted by atomic mass is 16.6. The zero-order chi connectivity index (χ0) is 17.9. The van der Waals surface area contributed by atoms with E-state index in [-0.39, 0.29) is 23.3 Å². The number of non-ortho nitro benzene ring substituents is 1. The lowest BCUT2D eigenvalue weighted by Crippen LogP contribution is -2.51. The minimum absolute atomic E-state index is 0.0472. The Hall–Kier alpha value is -2.01. The molecule has 0 spiro atoms. The molecule has 0 aromatic heterocycles. The Morgan fingerprint density at radius 1 is 1.38 bits per heavy atom. The first-order valence-electron chi connectivity index (χ1n) is 8.46. The van der Waals surface area contributed by atoms with E-state index in [1.165, 1.54) is 12.1 Å². The minimum atomic E-state index is -0.756. The molecular formula is C19H25NO4. The van der Waals surface area contributed by atoms with Crippen LogP contribution in [0.4, 0.5) is 5.69 Å². The number of ketones is 1. The summed E-state index contributed by atoms with van der Waals surface area (Å²) in [5.74, 6) is 0.300. The number of nitro groups is 1. The van der Waals surface area contributed by atoms with Gasteiger partial charge >= 0.3 is 0 Å². The van der Waals surface area contributed by atoms with Crippen molar-refractivity contribution in [3.05, 3.63) is 45.5 Å². The lowest BCUT2D eigenvalue weighted by molar-refractivity contribution is -0.384. The summed E-state index contributed by atoms with van der Waals surface area (Å²) in [6, 6.07) is 6.28. The van der Waals surface area contributed by atoms with Crippen molar-refractivity contribution in [3.8, 4) is 0 Å². The third-order valence-electron chi connectivity index (χ3n) is 4.89. The normalized spacial score (nSPS) is 26.1. The molecule has 1 fully saturated rings. The fourth-order valence-electron chi connectivity index (χ4n) is 3.36. The van der Waals surface area contributed by atoms with E-state index < -0.39 is 10.5 Å². The average Bonchev–Trinajstić information content (AvgIpc) is 2.54. The maximum absolute atomic E-state index is 13.2. The summed E-state index contributed by atoms with van der Waals surface area (Å²) in [6.07, 6.45) is 3.48. The van der Waals surface area contributed by atoms with Gasteiger partial charge in [0.15, 0.2) is 5.78 Å². The minimum Gasteiger partial charge on any atom is -0.367 e. The van der Waals surface area contributed by atoms with Gasteiger partial charge in [-0.3, -0.25) is 14.9 Å². The van der Waals surface area contributed by atoms with Gasteiger partial charge < -0.3 is 4.74 Å². The van der Waals surface area contributed by atoms with Gasteiger partial charge in [0.25, 0.3) is 5.69 Å². The Bertz CT molecular complexity index is 648. The van der Waals surface area contributed by atoms with Crippen LogP contribution in [0, 0.1) is 22.0 Å². The molecule has 0 saturated heterocycles. The average molecular weight is 331 g/mol. The molecule has 0 aliphatic heterocycles. The molecule has 1 aliphatic carbocycles. The van der Waals surface area contributed by atoms with Gasteiger partial charge in [-0.15, -0.1) is 0 Å². The van der Waals surface area contributed by atoms with Gasteiger partial charge in [-0.25, -0.2) is 0 Å². The van der Waals surface area contributed by atoms with Crippen LogP contribution in [-0.4, -0.2) is 22.9 Å². The fourth-order valence-corrected chi connectivity index (χ4v) is 3.36. The zero-order valence-corrected chi connectivity index (χ0v) is 14.7. The molecule has 24 heavy (non-hydrogen) atoms. The van der Waals surface area contributed by atoms with E-state index in [4.69, 9.17) is 4.74 Å². The topological polar surface area (TPSA) is 69.4 Å². The van der Waals surface area contributed by atoms with Crippen LogP contribution in [-0.2, 0) is 9.53 Å². The quantitative estimate of drug-likeness (QED) is 0.455. The van der Waals surface area contributed by atoms with E-state index in [1.807, 2.05) is 33.8 Å². The van der Waals surface area contributed by atoms with Crippen molar-refractivity contribution in [3.63, 3.8) is 0 Å². The molecule has 5 nitrogen and oxygen atoms in total. The van der Waals surface area contributed by atoms with E-state index in [1.54, 1.807) is 12.1 Å². The first kappa shape index (κ1) is 18.3. The molecule has 0 heterocycles. The van der Waals surface area contributed by atoms with Gasteiger partial charge in [-0.1, -0.05) is 20.8 Å². The summed E-state index contributed by atoms with van der Waals surface area (Å²) < 4.78 is 5.93. The van der Waals surface area contributed by atoms with E-state index in [9.17, 15) is 14.9 Å². The highest BCUT2D eigenvalue weighted by molar-refractivity contribution is 6.06. The number of Topliss-reactive ketones (excluding diaryl/α,β-unsaturated/α-hetero) is 1. The van der Waals surface area contributed by atoms with E-state index in [0.29, 0.717) is 6.61 Å². The second-order valence-electron chi connectivity index (χ2n) is 6.69. The van der Waals surface area contributed by atoms with Gasteiger partial charge in [0.05, 0.1) is 4.92 Å². The fraction of sp³-hybridized carbons (Fsp3) is 0.526. The van der Waals surface area contributed by atoms with Crippen LogP contribution < -0.4 is 0 Å². The third-order valence-corrected chi connectivity index (χ3v) is 4.89. The Labute approximate surface area is 142 Å². The molecule has 2 atom stereocenters. The number of rotatable bonds is 5. The molecular weight excluding hydrogens is 306 g/mol. The first-order chi connectivity index (χ1) is 11.3. The van der Waals surface area contributed by atoms with Crippen molar-refractivity contribution < 1.29 is 14.5 Å². The zero-order valence-electron chi connectivity index (χ0n) is 14.7. The third kappa shape index (κ3) is 3.41. The summed E-state index contributed by atoms with van der Waals surface area (Å²) >= 11 is 0. The summed E-state index contributed by atoms with van der Waals surface area (Å²) in [5, 5.41) is 10.8. The van der Waals surface area contributed by atoms with Gasteiger partial charge in [0, 0.05) is 24.3 Å². The summed E-state index contributed by atoms with van der Waals surface area (Å²) in [6.45, 7) is 8.50. The molecule has 2 rings (SSSR count). The van der Waals surface area contributed by atoms with Gasteiger partial charge in [-0.05, 0) is 55.4 Å². The lowest BCUT2D eigenvalue weighted by atomic mass is 9.69. The highest BCUT2D eigenvalue weighted by Crippen LogP contribution is 2.41. The first-order valence-corrected chi connectivity index (χ1v) is 8.46. The number of hydrogen-bond donors (Lipinski definition) is 0. The molecule has 1 aliphatic rings. The Kier molecular flexibility index (Phi) is 5.54. The van der Waals surface area contributed by atoms with Crippen LogP contribution in [0.25, 0.3) is 6.08 Å². The number of hydrogen-bond acceptors (Lipinski definition) is 4. The van der Waals surface area contributed by atoms with Crippen LogP contribution in [0.5, 0.6) is 0 Å². The highest BCUT2D eigenvalue weighted by Gasteiger charge is 2.47. The molecule has 0 bridgehead atoms. The van der Waals surface area contributed by atoms with Crippen LogP contribution in [0.1, 0.15) is 46.1 Å². The lowest BCUT2D eigenvalue weighted by Gasteiger charge is -2.42. The standard InChI is InChI=1S/C19H25NO4/c1-5-24-19(13(2)3)11-10-14(4)17(18(19)21)12-15-6-8-16(9-7-15)20(22)23/h6-9,12-14H,5,10-11H2,1-4H3. The Balaban J connectivity index is 2.39. The second kappa shape index (κ2) is 7.26. The number of ether oxygens (including phenoxy) is 1. The molecule has 1 saturated carbocycles. The number of nitrogens with zero attached hydrogens (tertiary/aromatic N) is 1. The summed E-state index contributed by atoms with van der Waals surface area (Å²) in [4.78, 5) is 23.5. The number of benzene rings is 1. The number of nitro benzene ring substituents is 1. The van der Waals surface area contributed by atoms with Gasteiger partial charge in [0.1, 0.15) is 5.60 Å². The SMILES string of the molecule is CCOC1(C(C)C)CCC(C)C(=Cc2ccc([N+](=O)[O-])cc2)C1=O. The number of carbonyl (C=O) groups is 1. The van der Waals surface area contributed by atoms with Crippen molar-refractivity contribution in [2.24, 2.45) is 11.8 Å². The molecule has 0 N–H and O–H groups in total. The van der Waals surface area contributed by atoms with Crippen molar-refractivity contribution >= 4 is 17.5 Å². The maximum Gasteiger partial charge on any atom is 0.269 e. The maximum atomic E-state index is 13.2. The molecule has 0 radical (unpaired) electrons. The van der Waals surface area contributed by atoms with Gasteiger partial charge in [0.2, 0.25) is 0 Å². The summed E-state index contributed by atoms with van der Waals surface area (Å²) in [5.41, 5.74) is 0.837. The molecule has 1 aromatic rings. The van der Waals surface area contributed by atoms with Crippen LogP contribution >= 0.6 is 0 Å². The van der Waals surface area contributed by atoms with Crippen LogP contribution in [0.2, 0.25) is 0 Å². The van der Waals surface area contributed by atoms with E-state index in [0.717, 1.165) is 24.0 Å². The summed E-state index contributed by atoms with van der Waals surface area (Å²) in [7, 11) is 0. The van der Waals surface area contributed by atoms with E-state index in [2.05, 4.69) is 0 Å². The molecule has 2 unspecified atom stereocenters.